The first-order chi connectivity index (χ1) is 14.7. The Bertz CT molecular complexity index is 772. The highest BCUT2D eigenvalue weighted by molar-refractivity contribution is 14.0. The summed E-state index contributed by atoms with van der Waals surface area (Å²) in [6.45, 7) is 8.93. The van der Waals surface area contributed by atoms with E-state index >= 15 is 0 Å². The third-order valence-electron chi connectivity index (χ3n) is 5.88. The zero-order valence-electron chi connectivity index (χ0n) is 18.7. The average Bonchev–Trinajstić information content (AvgIpc) is 3.13. The van der Waals surface area contributed by atoms with Gasteiger partial charge in [-0.2, -0.15) is 0 Å². The Morgan fingerprint density at radius 1 is 1.10 bits per heavy atom. The fourth-order valence-corrected chi connectivity index (χ4v) is 4.18. The molecular formula is C25H37IN4O. The van der Waals surface area contributed by atoms with Crippen LogP contribution in [-0.2, 0) is 6.54 Å². The van der Waals surface area contributed by atoms with Crippen molar-refractivity contribution >= 4 is 29.9 Å². The lowest BCUT2D eigenvalue weighted by Gasteiger charge is -2.21. The van der Waals surface area contributed by atoms with E-state index in [9.17, 15) is 5.11 Å². The van der Waals surface area contributed by atoms with Crippen molar-refractivity contribution in [3.63, 3.8) is 0 Å². The maximum absolute atomic E-state index is 9.79. The van der Waals surface area contributed by atoms with Gasteiger partial charge in [-0.15, -0.1) is 24.0 Å². The van der Waals surface area contributed by atoms with Crippen molar-refractivity contribution in [2.75, 3.05) is 32.8 Å². The number of hydrogen-bond acceptors (Lipinski definition) is 3. The van der Waals surface area contributed by atoms with Crippen LogP contribution in [0.15, 0.2) is 65.7 Å². The van der Waals surface area contributed by atoms with Crippen LogP contribution in [0.4, 0.5) is 0 Å². The zero-order chi connectivity index (χ0) is 21.2. The van der Waals surface area contributed by atoms with E-state index in [1.165, 1.54) is 12.0 Å². The van der Waals surface area contributed by atoms with Crippen LogP contribution in [0.2, 0.25) is 0 Å². The fourth-order valence-electron chi connectivity index (χ4n) is 4.18. The van der Waals surface area contributed by atoms with Crippen LogP contribution in [0.3, 0.4) is 0 Å². The Morgan fingerprint density at radius 2 is 1.77 bits per heavy atom. The van der Waals surface area contributed by atoms with Gasteiger partial charge in [0, 0.05) is 38.1 Å². The molecule has 170 valence electrons. The maximum atomic E-state index is 9.79. The topological polar surface area (TPSA) is 59.9 Å². The third kappa shape index (κ3) is 8.09. The summed E-state index contributed by atoms with van der Waals surface area (Å²) in [6, 6.07) is 21.4. The van der Waals surface area contributed by atoms with Gasteiger partial charge in [-0.3, -0.25) is 9.89 Å². The smallest absolute Gasteiger partial charge is 0.191 e. The molecule has 2 aromatic carbocycles. The summed E-state index contributed by atoms with van der Waals surface area (Å²) in [5.74, 6) is 1.46. The van der Waals surface area contributed by atoms with E-state index in [1.807, 2.05) is 18.2 Å². The van der Waals surface area contributed by atoms with Gasteiger partial charge in [0.1, 0.15) is 0 Å². The van der Waals surface area contributed by atoms with Crippen molar-refractivity contribution in [1.82, 2.24) is 15.5 Å². The molecule has 5 nitrogen and oxygen atoms in total. The summed E-state index contributed by atoms with van der Waals surface area (Å²) < 4.78 is 0. The fraction of sp³-hybridized carbons (Fsp3) is 0.480. The number of nitrogens with zero attached hydrogens (tertiary/aromatic N) is 2. The van der Waals surface area contributed by atoms with E-state index in [0.29, 0.717) is 18.5 Å². The molecule has 3 unspecified atom stereocenters. The molecule has 1 heterocycles. The molecule has 0 amide bonds. The van der Waals surface area contributed by atoms with Crippen LogP contribution in [0, 0.1) is 5.92 Å². The molecule has 0 aromatic heterocycles. The standard InChI is InChI=1S/C25H36N4O.HI/c1-3-26-25(28-16-24(19-30)23-12-8-5-9-13-23)27-15-22-14-20(2)29(18-22)17-21-10-6-4-7-11-21;/h4-13,20,22,24,30H,3,14-19H2,1-2H3,(H2,26,27,28);1H. The minimum atomic E-state index is 0. The van der Waals surface area contributed by atoms with Crippen molar-refractivity contribution < 1.29 is 5.11 Å². The summed E-state index contributed by atoms with van der Waals surface area (Å²) in [7, 11) is 0. The number of hydrogen-bond donors (Lipinski definition) is 3. The van der Waals surface area contributed by atoms with Gasteiger partial charge in [-0.05, 0) is 37.3 Å². The lowest BCUT2D eigenvalue weighted by molar-refractivity contribution is 0.255. The van der Waals surface area contributed by atoms with Gasteiger partial charge < -0.3 is 15.7 Å². The minimum Gasteiger partial charge on any atom is -0.396 e. The summed E-state index contributed by atoms with van der Waals surface area (Å²) in [5.41, 5.74) is 2.50. The summed E-state index contributed by atoms with van der Waals surface area (Å²) >= 11 is 0. The van der Waals surface area contributed by atoms with Crippen molar-refractivity contribution in [1.29, 1.82) is 0 Å². The van der Waals surface area contributed by atoms with Gasteiger partial charge in [-0.25, -0.2) is 0 Å². The normalized spacial score (nSPS) is 20.2. The van der Waals surface area contributed by atoms with Crippen LogP contribution in [0.5, 0.6) is 0 Å². The molecule has 3 rings (SSSR count). The number of benzene rings is 2. The number of aliphatic hydroxyl groups is 1. The molecule has 6 heteroatoms. The van der Waals surface area contributed by atoms with E-state index in [1.54, 1.807) is 0 Å². The molecule has 1 saturated heterocycles. The number of halogens is 1. The lowest BCUT2D eigenvalue weighted by atomic mass is 10.0. The van der Waals surface area contributed by atoms with Gasteiger partial charge in [0.15, 0.2) is 5.96 Å². The number of aliphatic hydroxyl groups excluding tert-OH is 1. The molecule has 0 bridgehead atoms. The molecule has 3 N–H and O–H groups in total. The molecule has 0 saturated carbocycles. The monoisotopic (exact) mass is 536 g/mol. The van der Waals surface area contributed by atoms with Crippen molar-refractivity contribution in [2.24, 2.45) is 10.9 Å². The molecule has 3 atom stereocenters. The minimum absolute atomic E-state index is 0. The first-order valence-corrected chi connectivity index (χ1v) is 11.2. The van der Waals surface area contributed by atoms with Crippen molar-refractivity contribution in [3.8, 4) is 0 Å². The number of likely N-dealkylation sites (tertiary alicyclic amines) is 1. The zero-order valence-corrected chi connectivity index (χ0v) is 21.0. The molecule has 2 aromatic rings. The van der Waals surface area contributed by atoms with Gasteiger partial charge >= 0.3 is 0 Å². The third-order valence-corrected chi connectivity index (χ3v) is 5.88. The summed E-state index contributed by atoms with van der Waals surface area (Å²) in [4.78, 5) is 7.32. The van der Waals surface area contributed by atoms with Gasteiger partial charge in [-0.1, -0.05) is 60.7 Å². The number of aliphatic imine (C=N–C) groups is 1. The Balaban J connectivity index is 0.00000341. The molecule has 0 spiro atoms. The van der Waals surface area contributed by atoms with Gasteiger partial charge in [0.2, 0.25) is 0 Å². The number of nitrogens with one attached hydrogen (secondary N) is 2. The predicted molar refractivity (Wildman–Crippen MR) is 140 cm³/mol. The molecule has 0 aliphatic carbocycles. The van der Waals surface area contributed by atoms with Crippen LogP contribution in [0.1, 0.15) is 37.3 Å². The molecule has 31 heavy (non-hydrogen) atoms. The summed E-state index contributed by atoms with van der Waals surface area (Å²) in [6.07, 6.45) is 1.20. The first kappa shape index (κ1) is 25.6. The molecule has 1 aliphatic rings. The quantitative estimate of drug-likeness (QED) is 0.259. The molecule has 1 aliphatic heterocycles. The van der Waals surface area contributed by atoms with Crippen molar-refractivity contribution in [3.05, 3.63) is 71.8 Å². The molecule has 0 radical (unpaired) electrons. The van der Waals surface area contributed by atoms with Crippen molar-refractivity contribution in [2.45, 2.75) is 38.8 Å². The molecular weight excluding hydrogens is 499 g/mol. The Labute approximate surface area is 204 Å². The number of rotatable bonds is 9. The second-order valence-electron chi connectivity index (χ2n) is 8.26. The second-order valence-corrected chi connectivity index (χ2v) is 8.26. The highest BCUT2D eigenvalue weighted by Crippen LogP contribution is 2.24. The SMILES string of the molecule is CCNC(=NCC(CO)c1ccccc1)NCC1CC(C)N(Cc2ccccc2)C1.I. The number of guanidine groups is 1. The van der Waals surface area contributed by atoms with Gasteiger partial charge in [0.05, 0.1) is 13.2 Å². The Kier molecular flexibility index (Phi) is 11.3. The maximum Gasteiger partial charge on any atom is 0.191 e. The predicted octanol–water partition coefficient (Wildman–Crippen LogP) is 3.85. The highest BCUT2D eigenvalue weighted by atomic mass is 127. The first-order valence-electron chi connectivity index (χ1n) is 11.2. The van der Waals surface area contributed by atoms with Crippen LogP contribution in [0.25, 0.3) is 0 Å². The van der Waals surface area contributed by atoms with E-state index in [0.717, 1.165) is 37.7 Å². The highest BCUT2D eigenvalue weighted by Gasteiger charge is 2.28. The van der Waals surface area contributed by atoms with Crippen LogP contribution >= 0.6 is 24.0 Å². The Morgan fingerprint density at radius 3 is 2.42 bits per heavy atom. The molecule has 1 fully saturated rings. The van der Waals surface area contributed by atoms with E-state index in [-0.39, 0.29) is 36.5 Å². The lowest BCUT2D eigenvalue weighted by Crippen LogP contribution is -2.40. The van der Waals surface area contributed by atoms with Crippen LogP contribution < -0.4 is 10.6 Å². The van der Waals surface area contributed by atoms with E-state index < -0.39 is 0 Å². The summed E-state index contributed by atoms with van der Waals surface area (Å²) in [5, 5.41) is 16.7. The van der Waals surface area contributed by atoms with Gasteiger partial charge in [0.25, 0.3) is 0 Å². The second kappa shape index (κ2) is 13.7. The van der Waals surface area contributed by atoms with E-state index in [2.05, 4.69) is 71.8 Å². The average molecular weight is 537 g/mol. The van der Waals surface area contributed by atoms with E-state index in [4.69, 9.17) is 4.99 Å². The van der Waals surface area contributed by atoms with Crippen LogP contribution in [-0.4, -0.2) is 54.8 Å². The Hall–Kier alpha value is -1.64. The largest absolute Gasteiger partial charge is 0.396 e.